The van der Waals surface area contributed by atoms with Gasteiger partial charge in [-0.25, -0.2) is 0 Å². The number of fused-ring (bicyclic) bond motifs is 1. The van der Waals surface area contributed by atoms with Crippen molar-refractivity contribution < 1.29 is 9.59 Å². The number of benzene rings is 3. The molecule has 0 fully saturated rings. The van der Waals surface area contributed by atoms with Crippen molar-refractivity contribution >= 4 is 34.7 Å². The molecule has 0 bridgehead atoms. The fourth-order valence-corrected chi connectivity index (χ4v) is 4.84. The van der Waals surface area contributed by atoms with Gasteiger partial charge < -0.3 is 10.6 Å². The van der Waals surface area contributed by atoms with Crippen molar-refractivity contribution in [1.82, 2.24) is 0 Å². The summed E-state index contributed by atoms with van der Waals surface area (Å²) >= 11 is 1.70. The normalized spacial score (nSPS) is 17.5. The third-order valence-corrected chi connectivity index (χ3v) is 6.84. The van der Waals surface area contributed by atoms with Crippen molar-refractivity contribution in [1.29, 1.82) is 0 Å². The number of rotatable bonds is 4. The highest BCUT2D eigenvalue weighted by atomic mass is 32.2. The van der Waals surface area contributed by atoms with E-state index in [0.717, 1.165) is 41.1 Å². The van der Waals surface area contributed by atoms with Gasteiger partial charge in [-0.05, 0) is 55.0 Å². The fraction of sp³-hybridized carbons (Fsp3) is 0.185. The van der Waals surface area contributed by atoms with Gasteiger partial charge in [0, 0.05) is 33.7 Å². The first-order chi connectivity index (χ1) is 15.6. The molecule has 2 N–H and O–H groups in total. The van der Waals surface area contributed by atoms with Crippen molar-refractivity contribution in [2.24, 2.45) is 0 Å². The quantitative estimate of drug-likeness (QED) is 0.372. The van der Waals surface area contributed by atoms with E-state index in [1.165, 1.54) is 4.90 Å². The van der Waals surface area contributed by atoms with Crippen LogP contribution in [0.4, 0.5) is 11.4 Å². The zero-order valence-corrected chi connectivity index (χ0v) is 18.7. The first kappa shape index (κ1) is 20.6. The van der Waals surface area contributed by atoms with Crippen LogP contribution >= 0.6 is 11.8 Å². The molecule has 3 aromatic rings. The van der Waals surface area contributed by atoms with Gasteiger partial charge in [-0.3, -0.25) is 9.59 Å². The summed E-state index contributed by atoms with van der Waals surface area (Å²) in [6.45, 7) is 0. The van der Waals surface area contributed by atoms with E-state index in [9.17, 15) is 9.59 Å². The summed E-state index contributed by atoms with van der Waals surface area (Å²) in [4.78, 5) is 27.2. The monoisotopic (exact) mass is 440 g/mol. The summed E-state index contributed by atoms with van der Waals surface area (Å²) in [5, 5.41) is 7.09. The third-order valence-electron chi connectivity index (χ3n) is 6.10. The maximum absolute atomic E-state index is 13.0. The molecule has 4 nitrogen and oxygen atoms in total. The zero-order chi connectivity index (χ0) is 22.1. The van der Waals surface area contributed by atoms with Crippen molar-refractivity contribution in [3.63, 3.8) is 0 Å². The molecule has 1 aliphatic heterocycles. The Morgan fingerprint density at radius 2 is 1.69 bits per heavy atom. The van der Waals surface area contributed by atoms with Gasteiger partial charge in [0.05, 0.1) is 17.4 Å². The molecular weight excluding hydrogens is 416 g/mol. The summed E-state index contributed by atoms with van der Waals surface area (Å²) in [7, 11) is 0. The van der Waals surface area contributed by atoms with Gasteiger partial charge in [0.15, 0.2) is 11.6 Å². The average molecular weight is 441 g/mol. The highest BCUT2D eigenvalue weighted by Crippen LogP contribution is 2.41. The molecule has 5 heteroatoms. The van der Waals surface area contributed by atoms with Crippen molar-refractivity contribution in [2.75, 3.05) is 16.9 Å². The Bertz CT molecular complexity index is 1220. The van der Waals surface area contributed by atoms with Crippen LogP contribution in [0.15, 0.2) is 89.0 Å². The smallest absolute Gasteiger partial charge is 0.193 e. The zero-order valence-electron chi connectivity index (χ0n) is 17.9. The van der Waals surface area contributed by atoms with Crippen molar-refractivity contribution in [3.05, 3.63) is 101 Å². The van der Waals surface area contributed by atoms with Gasteiger partial charge in [0.1, 0.15) is 0 Å². The van der Waals surface area contributed by atoms with Crippen LogP contribution in [0.5, 0.6) is 0 Å². The lowest BCUT2D eigenvalue weighted by Crippen LogP contribution is -2.23. The van der Waals surface area contributed by atoms with Crippen LogP contribution in [0.3, 0.4) is 0 Å². The Kier molecular flexibility index (Phi) is 5.58. The molecular formula is C27H24N2O2S. The van der Waals surface area contributed by atoms with E-state index in [4.69, 9.17) is 0 Å². The van der Waals surface area contributed by atoms with Gasteiger partial charge in [-0.2, -0.15) is 0 Å². The van der Waals surface area contributed by atoms with Crippen LogP contribution < -0.4 is 10.6 Å². The highest BCUT2D eigenvalue weighted by Gasteiger charge is 2.32. The van der Waals surface area contributed by atoms with Crippen molar-refractivity contribution in [3.8, 4) is 0 Å². The minimum atomic E-state index is -0.224. The minimum absolute atomic E-state index is 0.0161. The third kappa shape index (κ3) is 3.84. The summed E-state index contributed by atoms with van der Waals surface area (Å²) in [5.41, 5.74) is 5.82. The largest absolute Gasteiger partial charge is 0.372 e. The van der Waals surface area contributed by atoms with Crippen LogP contribution in [-0.4, -0.2) is 17.8 Å². The van der Waals surface area contributed by atoms with Crippen LogP contribution in [-0.2, 0) is 4.79 Å². The molecule has 1 atom stereocenters. The molecule has 1 aliphatic carbocycles. The van der Waals surface area contributed by atoms with E-state index < -0.39 is 0 Å². The number of hydrogen-bond acceptors (Lipinski definition) is 5. The van der Waals surface area contributed by atoms with Gasteiger partial charge in [-0.1, -0.05) is 42.5 Å². The lowest BCUT2D eigenvalue weighted by molar-refractivity contribution is -0.116. The topological polar surface area (TPSA) is 58.2 Å². The molecule has 0 saturated carbocycles. The molecule has 3 aromatic carbocycles. The Morgan fingerprint density at radius 1 is 0.906 bits per heavy atom. The standard InChI is InChI=1S/C27H24N2O2S/c1-32-20-13-10-17(11-14-20)26-25-22(8-5-9-24(25)30)28-23-16-19(12-15-21(23)29-26)27(31)18-6-3-2-4-7-18/h2-4,6-7,10-16,26,28-29H,5,8-9H2,1H3. The first-order valence-electron chi connectivity index (χ1n) is 10.8. The van der Waals surface area contributed by atoms with Gasteiger partial charge in [0.2, 0.25) is 0 Å². The lowest BCUT2D eigenvalue weighted by Gasteiger charge is -2.25. The summed E-state index contributed by atoms with van der Waals surface area (Å²) in [5.74, 6) is 0.163. The van der Waals surface area contributed by atoms with Crippen LogP contribution in [0.1, 0.15) is 46.8 Å². The van der Waals surface area contributed by atoms with Crippen LogP contribution in [0, 0.1) is 0 Å². The number of allylic oxidation sites excluding steroid dienone is 1. The summed E-state index contributed by atoms with van der Waals surface area (Å²) in [6.07, 6.45) is 4.27. The molecule has 1 heterocycles. The number of ketones is 2. The summed E-state index contributed by atoms with van der Waals surface area (Å²) in [6, 6.07) is 23.1. The Hall–Kier alpha value is -3.31. The van der Waals surface area contributed by atoms with E-state index in [-0.39, 0.29) is 17.6 Å². The van der Waals surface area contributed by atoms with E-state index in [0.29, 0.717) is 17.5 Å². The number of Topliss-reactive ketones (excluding diaryl/α,β-unsaturated/α-hetero) is 1. The summed E-state index contributed by atoms with van der Waals surface area (Å²) < 4.78 is 0. The van der Waals surface area contributed by atoms with Crippen LogP contribution in [0.25, 0.3) is 0 Å². The maximum Gasteiger partial charge on any atom is 0.193 e. The Labute approximate surface area is 192 Å². The molecule has 0 aromatic heterocycles. The second kappa shape index (κ2) is 8.67. The van der Waals surface area contributed by atoms with Crippen molar-refractivity contribution in [2.45, 2.75) is 30.2 Å². The number of thioether (sulfide) groups is 1. The second-order valence-electron chi connectivity index (χ2n) is 8.10. The Morgan fingerprint density at radius 3 is 2.44 bits per heavy atom. The predicted molar refractivity (Wildman–Crippen MR) is 130 cm³/mol. The average Bonchev–Trinajstić information content (AvgIpc) is 3.01. The Balaban J connectivity index is 1.56. The number of carbonyl (C=O) groups excluding carboxylic acids is 2. The van der Waals surface area contributed by atoms with Gasteiger partial charge >= 0.3 is 0 Å². The van der Waals surface area contributed by atoms with Gasteiger partial charge in [-0.15, -0.1) is 11.8 Å². The highest BCUT2D eigenvalue weighted by molar-refractivity contribution is 7.98. The van der Waals surface area contributed by atoms with E-state index >= 15 is 0 Å². The number of nitrogens with one attached hydrogen (secondary N) is 2. The lowest BCUT2D eigenvalue weighted by atomic mass is 9.87. The fourth-order valence-electron chi connectivity index (χ4n) is 4.44. The molecule has 0 radical (unpaired) electrons. The molecule has 0 spiro atoms. The number of hydrogen-bond donors (Lipinski definition) is 2. The molecule has 0 amide bonds. The van der Waals surface area contributed by atoms with E-state index in [1.54, 1.807) is 11.8 Å². The van der Waals surface area contributed by atoms with Crippen LogP contribution in [0.2, 0.25) is 0 Å². The van der Waals surface area contributed by atoms with E-state index in [2.05, 4.69) is 41.2 Å². The first-order valence-corrected chi connectivity index (χ1v) is 12.0. The predicted octanol–water partition coefficient (Wildman–Crippen LogP) is 6.23. The number of carbonyl (C=O) groups is 2. The SMILES string of the molecule is CSc1ccc(C2Nc3ccc(C(=O)c4ccccc4)cc3NC3=C2C(=O)CCC3)cc1. The molecule has 2 aliphatic rings. The van der Waals surface area contributed by atoms with Gasteiger partial charge in [0.25, 0.3) is 0 Å². The van der Waals surface area contributed by atoms with E-state index in [1.807, 2.05) is 48.5 Å². The maximum atomic E-state index is 13.0. The molecule has 0 saturated heterocycles. The minimum Gasteiger partial charge on any atom is -0.372 e. The molecule has 5 rings (SSSR count). The second-order valence-corrected chi connectivity index (χ2v) is 8.98. The number of anilines is 2. The molecule has 32 heavy (non-hydrogen) atoms. The molecule has 160 valence electrons. The molecule has 1 unspecified atom stereocenters.